The monoisotopic (exact) mass is 263 g/mol. The van der Waals surface area contributed by atoms with Gasteiger partial charge < -0.3 is 20.4 Å². The van der Waals surface area contributed by atoms with Gasteiger partial charge in [-0.1, -0.05) is 0 Å². The van der Waals surface area contributed by atoms with E-state index < -0.39 is 5.97 Å². The van der Waals surface area contributed by atoms with Gasteiger partial charge in [0.05, 0.1) is 12.8 Å². The summed E-state index contributed by atoms with van der Waals surface area (Å²) in [6, 6.07) is 7.19. The number of thiazole rings is 1. The zero-order valence-electron chi connectivity index (χ0n) is 9.67. The predicted molar refractivity (Wildman–Crippen MR) is 67.2 cm³/mol. The molecule has 0 amide bonds. The molecular formula is C12H11N2O3S-. The molecule has 5 nitrogen and oxygen atoms in total. The molecule has 0 bridgehead atoms. The summed E-state index contributed by atoms with van der Waals surface area (Å²) in [4.78, 5) is 15.4. The molecule has 2 aromatic rings. The molecule has 0 fully saturated rings. The molecule has 0 unspecified atom stereocenters. The number of nitrogen functional groups attached to an aromatic ring is 1. The van der Waals surface area contributed by atoms with Gasteiger partial charge >= 0.3 is 0 Å². The first-order valence-corrected chi connectivity index (χ1v) is 6.01. The maximum Gasteiger partial charge on any atom is 0.180 e. The average Bonchev–Trinajstić information content (AvgIpc) is 2.69. The number of carbonyl (C=O) groups is 1. The molecule has 0 aliphatic rings. The summed E-state index contributed by atoms with van der Waals surface area (Å²) < 4.78 is 5.06. The minimum Gasteiger partial charge on any atom is -0.550 e. The Balaban J connectivity index is 2.39. The van der Waals surface area contributed by atoms with Gasteiger partial charge in [0.25, 0.3) is 0 Å². The second-order valence-electron chi connectivity index (χ2n) is 3.60. The lowest BCUT2D eigenvalue weighted by Crippen LogP contribution is -2.24. The molecule has 94 valence electrons. The first-order chi connectivity index (χ1) is 8.60. The number of methoxy groups -OCH3 is 1. The third kappa shape index (κ3) is 2.60. The van der Waals surface area contributed by atoms with E-state index in [1.165, 1.54) is 0 Å². The normalized spacial score (nSPS) is 10.3. The van der Waals surface area contributed by atoms with E-state index in [0.29, 0.717) is 15.7 Å². The van der Waals surface area contributed by atoms with Gasteiger partial charge in [0.1, 0.15) is 5.75 Å². The van der Waals surface area contributed by atoms with Gasteiger partial charge in [-0.3, -0.25) is 0 Å². The van der Waals surface area contributed by atoms with Crippen LogP contribution in [0.1, 0.15) is 4.88 Å². The Morgan fingerprint density at radius 3 is 2.67 bits per heavy atom. The minimum absolute atomic E-state index is 0.184. The number of hydrogen-bond donors (Lipinski definition) is 1. The highest BCUT2D eigenvalue weighted by Gasteiger charge is 2.12. The number of benzene rings is 1. The molecule has 0 spiro atoms. The van der Waals surface area contributed by atoms with Gasteiger partial charge in [0, 0.05) is 22.8 Å². The van der Waals surface area contributed by atoms with Crippen LogP contribution < -0.4 is 15.6 Å². The number of ether oxygens (including phenoxy) is 1. The van der Waals surface area contributed by atoms with Gasteiger partial charge in [-0.15, -0.1) is 11.3 Å². The van der Waals surface area contributed by atoms with Crippen LogP contribution in [-0.4, -0.2) is 18.1 Å². The average molecular weight is 263 g/mol. The molecule has 2 N–H and O–H groups in total. The minimum atomic E-state index is -1.14. The van der Waals surface area contributed by atoms with Crippen molar-refractivity contribution in [3.8, 4) is 17.0 Å². The number of carboxylic acids is 1. The fourth-order valence-electron chi connectivity index (χ4n) is 1.60. The standard InChI is InChI=1S/C12H12N2O3S/c1-17-8-4-2-7(3-5-8)11-9(6-10(15)16)18-12(13)14-11/h2-5H,6H2,1H3,(H2,13,14)(H,15,16)/p-1. The lowest BCUT2D eigenvalue weighted by atomic mass is 10.1. The van der Waals surface area contributed by atoms with Gasteiger partial charge in [-0.25, -0.2) is 4.98 Å². The van der Waals surface area contributed by atoms with E-state index in [-0.39, 0.29) is 6.42 Å². The Kier molecular flexibility index (Phi) is 3.47. The fourth-order valence-corrected chi connectivity index (χ4v) is 2.43. The highest BCUT2D eigenvalue weighted by Crippen LogP contribution is 2.30. The van der Waals surface area contributed by atoms with Crippen molar-refractivity contribution in [1.29, 1.82) is 0 Å². The van der Waals surface area contributed by atoms with Crippen LogP contribution >= 0.6 is 11.3 Å². The van der Waals surface area contributed by atoms with Crippen LogP contribution in [0.2, 0.25) is 0 Å². The Labute approximate surface area is 108 Å². The Bertz CT molecular complexity index is 563. The molecule has 18 heavy (non-hydrogen) atoms. The predicted octanol–water partition coefficient (Wildman–Crippen LogP) is 0.693. The first-order valence-electron chi connectivity index (χ1n) is 5.19. The number of nitrogens with two attached hydrogens (primary N) is 1. The quantitative estimate of drug-likeness (QED) is 0.876. The summed E-state index contributed by atoms with van der Waals surface area (Å²) >= 11 is 1.16. The summed E-state index contributed by atoms with van der Waals surface area (Å²) in [5, 5.41) is 11.0. The molecular weight excluding hydrogens is 252 g/mol. The topological polar surface area (TPSA) is 88.3 Å². The zero-order chi connectivity index (χ0) is 13.1. The maximum absolute atomic E-state index is 10.7. The van der Waals surface area contributed by atoms with E-state index in [4.69, 9.17) is 10.5 Å². The molecule has 0 saturated heterocycles. The van der Waals surface area contributed by atoms with Gasteiger partial charge in [-0.05, 0) is 24.3 Å². The molecule has 1 heterocycles. The number of anilines is 1. The Hall–Kier alpha value is -2.08. The van der Waals surface area contributed by atoms with Gasteiger partial charge in [0.2, 0.25) is 0 Å². The zero-order valence-corrected chi connectivity index (χ0v) is 10.5. The lowest BCUT2D eigenvalue weighted by Gasteiger charge is -2.04. The summed E-state index contributed by atoms with van der Waals surface area (Å²) in [6.07, 6.45) is -0.184. The van der Waals surface area contributed by atoms with Crippen molar-refractivity contribution >= 4 is 22.4 Å². The van der Waals surface area contributed by atoms with Gasteiger partial charge in [-0.2, -0.15) is 0 Å². The summed E-state index contributed by atoms with van der Waals surface area (Å²) in [6.45, 7) is 0. The molecule has 0 radical (unpaired) electrons. The third-order valence-corrected chi connectivity index (χ3v) is 3.27. The fraction of sp³-hybridized carbons (Fsp3) is 0.167. The smallest absolute Gasteiger partial charge is 0.180 e. The van der Waals surface area contributed by atoms with Crippen LogP contribution in [-0.2, 0) is 11.2 Å². The number of rotatable bonds is 4. The number of hydrogen-bond acceptors (Lipinski definition) is 6. The Morgan fingerprint density at radius 1 is 1.44 bits per heavy atom. The van der Waals surface area contributed by atoms with Crippen LogP contribution in [0, 0.1) is 0 Å². The van der Waals surface area contributed by atoms with Crippen LogP contribution in [0.4, 0.5) is 5.13 Å². The molecule has 1 aromatic heterocycles. The van der Waals surface area contributed by atoms with Crippen LogP contribution in [0.3, 0.4) is 0 Å². The van der Waals surface area contributed by atoms with E-state index >= 15 is 0 Å². The van der Waals surface area contributed by atoms with Crippen LogP contribution in [0.15, 0.2) is 24.3 Å². The van der Waals surface area contributed by atoms with Crippen molar-refractivity contribution in [2.75, 3.05) is 12.8 Å². The number of carbonyl (C=O) groups excluding carboxylic acids is 1. The van der Waals surface area contributed by atoms with Crippen LogP contribution in [0.5, 0.6) is 5.75 Å². The van der Waals surface area contributed by atoms with E-state index in [2.05, 4.69) is 4.98 Å². The molecule has 0 aliphatic carbocycles. The molecule has 2 rings (SSSR count). The number of aliphatic carboxylic acids is 1. The highest BCUT2D eigenvalue weighted by molar-refractivity contribution is 7.15. The molecule has 0 atom stereocenters. The second-order valence-corrected chi connectivity index (χ2v) is 4.72. The number of carboxylic acid groups (broad SMARTS) is 1. The number of nitrogens with zero attached hydrogens (tertiary/aromatic N) is 1. The molecule has 6 heteroatoms. The lowest BCUT2D eigenvalue weighted by molar-refractivity contribution is -0.304. The van der Waals surface area contributed by atoms with E-state index in [1.807, 2.05) is 12.1 Å². The highest BCUT2D eigenvalue weighted by atomic mass is 32.1. The molecule has 0 aliphatic heterocycles. The maximum atomic E-state index is 10.7. The van der Waals surface area contributed by atoms with Crippen LogP contribution in [0.25, 0.3) is 11.3 Å². The SMILES string of the molecule is COc1ccc(-c2nc(N)sc2CC(=O)[O-])cc1. The molecule has 0 saturated carbocycles. The van der Waals surface area contributed by atoms with Crippen molar-refractivity contribution in [2.45, 2.75) is 6.42 Å². The van der Waals surface area contributed by atoms with E-state index in [1.54, 1.807) is 19.2 Å². The first kappa shape index (κ1) is 12.4. The Morgan fingerprint density at radius 2 is 2.11 bits per heavy atom. The van der Waals surface area contributed by atoms with E-state index in [9.17, 15) is 9.90 Å². The largest absolute Gasteiger partial charge is 0.550 e. The van der Waals surface area contributed by atoms with Crippen molar-refractivity contribution < 1.29 is 14.6 Å². The van der Waals surface area contributed by atoms with Crippen molar-refractivity contribution in [1.82, 2.24) is 4.98 Å². The van der Waals surface area contributed by atoms with E-state index in [0.717, 1.165) is 22.6 Å². The summed E-state index contributed by atoms with van der Waals surface area (Å²) in [5.41, 5.74) is 7.01. The third-order valence-electron chi connectivity index (χ3n) is 2.38. The van der Waals surface area contributed by atoms with Crippen molar-refractivity contribution in [3.63, 3.8) is 0 Å². The molecule has 1 aromatic carbocycles. The van der Waals surface area contributed by atoms with Crippen molar-refractivity contribution in [2.24, 2.45) is 0 Å². The van der Waals surface area contributed by atoms with Crippen molar-refractivity contribution in [3.05, 3.63) is 29.1 Å². The summed E-state index contributed by atoms with van der Waals surface area (Å²) in [5.74, 6) is -0.420. The van der Waals surface area contributed by atoms with Gasteiger partial charge in [0.15, 0.2) is 5.13 Å². The number of aromatic nitrogens is 1. The summed E-state index contributed by atoms with van der Waals surface area (Å²) in [7, 11) is 1.58. The second kappa shape index (κ2) is 5.05.